The van der Waals surface area contributed by atoms with Crippen molar-refractivity contribution in [2.75, 3.05) is 7.11 Å². The second kappa shape index (κ2) is 14.0. The zero-order valence-corrected chi connectivity index (χ0v) is 33.6. The van der Waals surface area contributed by atoms with E-state index in [0.717, 1.165) is 56.9 Å². The molecule has 1 amide bonds. The number of carbonyl (C=O) groups excluding carboxylic acids is 2. The minimum Gasteiger partial charge on any atom is -0.465 e. The van der Waals surface area contributed by atoms with Gasteiger partial charge in [-0.15, -0.1) is 0 Å². The molecule has 0 aromatic heterocycles. The van der Waals surface area contributed by atoms with Crippen LogP contribution in [-0.2, 0) is 54.6 Å². The van der Waals surface area contributed by atoms with E-state index in [-0.39, 0.29) is 53.6 Å². The van der Waals surface area contributed by atoms with Gasteiger partial charge in [-0.05, 0) is 118 Å². The zero-order chi connectivity index (χ0) is 38.5. The van der Waals surface area contributed by atoms with Crippen LogP contribution >= 0.6 is 0 Å². The van der Waals surface area contributed by atoms with Gasteiger partial charge >= 0.3 is 5.97 Å². The summed E-state index contributed by atoms with van der Waals surface area (Å²) in [6.07, 6.45) is 6.98. The maximum atomic E-state index is 14.6. The van der Waals surface area contributed by atoms with Gasteiger partial charge in [0.2, 0.25) is 17.5 Å². The Morgan fingerprint density at radius 1 is 0.709 bits per heavy atom. The first-order chi connectivity index (χ1) is 26.3. The molecule has 2 saturated carbocycles. The van der Waals surface area contributed by atoms with Crippen LogP contribution in [0.4, 0.5) is 0 Å². The smallest absolute Gasteiger partial charge is 0.337 e. The van der Waals surface area contributed by atoms with E-state index < -0.39 is 47.2 Å². The minimum atomic E-state index is -0.875. The molecule has 12 heteroatoms. The number of rotatable bonds is 8. The summed E-state index contributed by atoms with van der Waals surface area (Å²) in [5.74, 6) is -0.644. The lowest BCUT2D eigenvalue weighted by atomic mass is 9.56. The second-order valence-corrected chi connectivity index (χ2v) is 19.0. The Morgan fingerprint density at radius 2 is 1.20 bits per heavy atom. The first kappa shape index (κ1) is 38.4. The van der Waals surface area contributed by atoms with Crippen LogP contribution < -0.4 is 5.32 Å². The Morgan fingerprint density at radius 3 is 1.67 bits per heavy atom. The van der Waals surface area contributed by atoms with Crippen molar-refractivity contribution in [2.24, 2.45) is 53.3 Å². The molecule has 16 atom stereocenters. The predicted octanol–water partition coefficient (Wildman–Crippen LogP) is 6.99. The summed E-state index contributed by atoms with van der Waals surface area (Å²) in [5.41, 5.74) is 0.0119. The van der Waals surface area contributed by atoms with E-state index in [1.165, 1.54) is 7.11 Å². The van der Waals surface area contributed by atoms with Gasteiger partial charge in [-0.2, -0.15) is 0 Å². The van der Waals surface area contributed by atoms with Crippen LogP contribution in [0.25, 0.3) is 0 Å². The van der Waals surface area contributed by atoms with E-state index in [1.807, 2.05) is 26.0 Å². The largest absolute Gasteiger partial charge is 0.465 e. The lowest BCUT2D eigenvalue weighted by Crippen LogP contribution is -2.70. The Kier molecular flexibility index (Phi) is 9.76. The molecule has 2 aliphatic carbocycles. The third-order valence-corrected chi connectivity index (χ3v) is 15.8. The molecule has 8 saturated heterocycles. The predicted molar refractivity (Wildman–Crippen MR) is 196 cm³/mol. The molecule has 8 aliphatic heterocycles. The fourth-order valence-electron chi connectivity index (χ4n) is 12.6. The highest BCUT2D eigenvalue weighted by atomic mass is 17.3. The standard InChI is InChI=1S/C43H61NO11/c1-23-8-14-32-25(3)34(48-38-42(32)30(23)16-18-40(5,50-38)52-54-42)20-29(36(45)44-22-27-10-12-28(13-11-27)37(46)47-7)21-35-26(4)33-15-9-24(2)31-17-19-41(6)51-39(49-35)43(31,33)55-53-41/h10-13,23-26,29-35,38-39H,8-9,14-22H2,1-7H3,(H,44,45)/t23-,24-,25-,26-,30+,31+,32+,33+,34-,35-,38-,39-,40+,41+,42-,43-/m1/s1. The number of carbonyl (C=O) groups is 2. The van der Waals surface area contributed by atoms with Gasteiger partial charge in [-0.3, -0.25) is 4.79 Å². The van der Waals surface area contributed by atoms with Gasteiger partial charge in [0, 0.05) is 37.1 Å². The van der Waals surface area contributed by atoms with Crippen LogP contribution in [0.5, 0.6) is 0 Å². The first-order valence-corrected chi connectivity index (χ1v) is 21.1. The van der Waals surface area contributed by atoms with Crippen LogP contribution in [0.15, 0.2) is 24.3 Å². The number of fused-ring (bicyclic) bond motifs is 4. The van der Waals surface area contributed by atoms with E-state index in [9.17, 15) is 9.59 Å². The van der Waals surface area contributed by atoms with E-state index in [4.69, 9.17) is 43.2 Å². The Balaban J connectivity index is 0.996. The number of ether oxygens (including phenoxy) is 5. The van der Waals surface area contributed by atoms with Crippen molar-refractivity contribution in [3.8, 4) is 0 Å². The molecule has 55 heavy (non-hydrogen) atoms. The molecule has 0 radical (unpaired) electrons. The number of benzene rings is 1. The number of methoxy groups -OCH3 is 1. The van der Waals surface area contributed by atoms with Crippen molar-refractivity contribution in [3.63, 3.8) is 0 Å². The fraction of sp³-hybridized carbons (Fsp3) is 0.814. The average molecular weight is 768 g/mol. The lowest BCUT2D eigenvalue weighted by molar-refractivity contribution is -0.571. The van der Waals surface area contributed by atoms with Crippen LogP contribution in [0.1, 0.15) is 122 Å². The van der Waals surface area contributed by atoms with Gasteiger partial charge in [0.05, 0.1) is 24.9 Å². The number of hydrogen-bond acceptors (Lipinski definition) is 11. The molecule has 8 heterocycles. The van der Waals surface area contributed by atoms with Gasteiger partial charge in [-0.1, -0.05) is 39.8 Å². The Labute approximate surface area is 325 Å². The van der Waals surface area contributed by atoms with Crippen molar-refractivity contribution < 1.29 is 52.8 Å². The third-order valence-electron chi connectivity index (χ3n) is 15.8. The monoisotopic (exact) mass is 767 g/mol. The van der Waals surface area contributed by atoms with Crippen LogP contribution in [0.3, 0.4) is 0 Å². The summed E-state index contributed by atoms with van der Waals surface area (Å²) in [6, 6.07) is 7.15. The first-order valence-electron chi connectivity index (χ1n) is 21.1. The SMILES string of the molecule is COC(=O)c1ccc(CNC(=O)C(C[C@H]2O[C@@H]3O[C@]4(C)CC[C@H]5[C@H](C)CC[C@@H]([C@H]2C)[C@@]35OO4)C[C@H]2O[C@@H]3O[C@]4(C)CC[C@H]5[C@H](C)CC[C@@H]([C@H]2C)[C@@]35OO4)cc1. The molecule has 4 bridgehead atoms. The molecule has 10 aliphatic rings. The molecule has 12 nitrogen and oxygen atoms in total. The van der Waals surface area contributed by atoms with Crippen LogP contribution in [0, 0.1) is 53.3 Å². The van der Waals surface area contributed by atoms with E-state index in [0.29, 0.717) is 36.8 Å². The van der Waals surface area contributed by atoms with E-state index in [1.54, 1.807) is 12.1 Å². The number of hydrogen-bond donors (Lipinski definition) is 1. The summed E-state index contributed by atoms with van der Waals surface area (Å²) in [7, 11) is 1.37. The second-order valence-electron chi connectivity index (χ2n) is 19.0. The molecule has 304 valence electrons. The van der Waals surface area contributed by atoms with E-state index in [2.05, 4.69) is 33.0 Å². The third kappa shape index (κ3) is 6.14. The highest BCUT2D eigenvalue weighted by molar-refractivity contribution is 5.89. The molecule has 1 aromatic carbocycles. The molecule has 2 spiro atoms. The van der Waals surface area contributed by atoms with Crippen molar-refractivity contribution in [2.45, 2.75) is 160 Å². The summed E-state index contributed by atoms with van der Waals surface area (Å²) in [4.78, 5) is 51.7. The van der Waals surface area contributed by atoms with Gasteiger partial charge < -0.3 is 29.0 Å². The zero-order valence-electron chi connectivity index (χ0n) is 33.6. The lowest BCUT2D eigenvalue weighted by Gasteiger charge is -2.61. The van der Waals surface area contributed by atoms with Gasteiger partial charge in [0.15, 0.2) is 23.8 Å². The van der Waals surface area contributed by atoms with Crippen LogP contribution in [-0.4, -0.2) is 66.6 Å². The molecule has 1 aromatic rings. The molecule has 10 fully saturated rings. The molecule has 0 unspecified atom stereocenters. The normalized spacial score (nSPS) is 48.3. The number of nitrogens with one attached hydrogen (secondary N) is 1. The fourth-order valence-corrected chi connectivity index (χ4v) is 12.6. The Bertz CT molecular complexity index is 1550. The molecule has 11 rings (SSSR count). The number of esters is 1. The number of amides is 1. The summed E-state index contributed by atoms with van der Waals surface area (Å²) < 4.78 is 32.3. The maximum absolute atomic E-state index is 14.6. The van der Waals surface area contributed by atoms with Gasteiger partial charge in [-0.25, -0.2) is 24.3 Å². The molecular weight excluding hydrogens is 706 g/mol. The van der Waals surface area contributed by atoms with Crippen molar-refractivity contribution in [3.05, 3.63) is 35.4 Å². The topological polar surface area (TPSA) is 129 Å². The van der Waals surface area contributed by atoms with Crippen molar-refractivity contribution in [1.82, 2.24) is 5.32 Å². The highest BCUT2D eigenvalue weighted by Gasteiger charge is 2.71. The minimum absolute atomic E-state index is 0.0563. The quantitative estimate of drug-likeness (QED) is 0.217. The van der Waals surface area contributed by atoms with E-state index >= 15 is 0 Å². The van der Waals surface area contributed by atoms with Crippen molar-refractivity contribution >= 4 is 11.9 Å². The Hall–Kier alpha value is -2.16. The van der Waals surface area contributed by atoms with Crippen LogP contribution in [0.2, 0.25) is 0 Å². The molecule has 1 N–H and O–H groups in total. The average Bonchev–Trinajstić information content (AvgIpc) is 3.55. The van der Waals surface area contributed by atoms with Gasteiger partial charge in [0.25, 0.3) is 0 Å². The maximum Gasteiger partial charge on any atom is 0.337 e. The van der Waals surface area contributed by atoms with Crippen molar-refractivity contribution in [1.29, 1.82) is 0 Å². The summed E-state index contributed by atoms with van der Waals surface area (Å²) in [6.45, 7) is 13.4. The summed E-state index contributed by atoms with van der Waals surface area (Å²) >= 11 is 0. The molecular formula is C43H61NO11. The summed E-state index contributed by atoms with van der Waals surface area (Å²) in [5, 5.41) is 3.25. The van der Waals surface area contributed by atoms with Gasteiger partial charge in [0.1, 0.15) is 0 Å². The highest BCUT2D eigenvalue weighted by Crippen LogP contribution is 2.63.